The number of nitrogens with one attached hydrogen (secondary N) is 1. The lowest BCUT2D eigenvalue weighted by Gasteiger charge is -2.41. The monoisotopic (exact) mass is 339 g/mol. The highest BCUT2D eigenvalue weighted by molar-refractivity contribution is 5.72. The number of carbonyl (C=O) groups excluding carboxylic acids is 1. The van der Waals surface area contributed by atoms with E-state index in [2.05, 4.69) is 5.32 Å². The Balaban J connectivity index is 2.75. The molecule has 136 valence electrons. The van der Waals surface area contributed by atoms with Crippen molar-refractivity contribution >= 4 is 5.91 Å². The van der Waals surface area contributed by atoms with Crippen LogP contribution in [0, 0.1) is 5.41 Å². The Morgan fingerprint density at radius 3 is 2.26 bits per heavy atom. The number of hydrogen-bond acceptors (Lipinski definition) is 9. The summed E-state index contributed by atoms with van der Waals surface area (Å²) >= 11 is 0. The number of rotatable bonds is 8. The molecule has 1 aliphatic heterocycles. The zero-order valence-corrected chi connectivity index (χ0v) is 12.8. The Hall–Kier alpha value is -0.850. The molecule has 0 radical (unpaired) electrons. The third-order valence-electron chi connectivity index (χ3n) is 3.80. The zero-order valence-electron chi connectivity index (χ0n) is 12.8. The van der Waals surface area contributed by atoms with Crippen LogP contribution in [0.15, 0.2) is 0 Å². The minimum atomic E-state index is -1.66. The molecule has 1 amide bonds. The Bertz CT molecular complexity index is 374. The van der Waals surface area contributed by atoms with Gasteiger partial charge in [0.25, 0.3) is 0 Å². The Morgan fingerprint density at radius 2 is 1.78 bits per heavy atom. The van der Waals surface area contributed by atoms with Crippen LogP contribution in [0.2, 0.25) is 0 Å². The van der Waals surface area contributed by atoms with Crippen LogP contribution in [-0.4, -0.2) is 100 Å². The van der Waals surface area contributed by atoms with Gasteiger partial charge in [-0.3, -0.25) is 4.79 Å². The molecule has 0 spiro atoms. The van der Waals surface area contributed by atoms with E-state index in [0.29, 0.717) is 0 Å². The first kappa shape index (κ1) is 20.2. The fourth-order valence-corrected chi connectivity index (χ4v) is 2.16. The van der Waals surface area contributed by atoms with Crippen molar-refractivity contribution in [3.8, 4) is 0 Å². The van der Waals surface area contributed by atoms with Gasteiger partial charge in [0.15, 0.2) is 6.29 Å². The molecule has 0 saturated carbocycles. The first-order chi connectivity index (χ1) is 10.8. The maximum atomic E-state index is 11.0. The van der Waals surface area contributed by atoms with Gasteiger partial charge in [0.1, 0.15) is 24.4 Å². The topological polar surface area (TPSA) is 169 Å². The first-order valence-electron chi connectivity index (χ1n) is 7.18. The quantitative estimate of drug-likeness (QED) is 0.232. The molecule has 10 nitrogen and oxygen atoms in total. The molecule has 0 aromatic carbocycles. The molecule has 1 saturated heterocycles. The molecule has 1 fully saturated rings. The van der Waals surface area contributed by atoms with E-state index in [9.17, 15) is 35.4 Å². The van der Waals surface area contributed by atoms with Crippen LogP contribution in [0.5, 0.6) is 0 Å². The van der Waals surface area contributed by atoms with Crippen molar-refractivity contribution in [2.45, 2.75) is 37.6 Å². The van der Waals surface area contributed by atoms with Gasteiger partial charge < -0.3 is 45.4 Å². The summed E-state index contributed by atoms with van der Waals surface area (Å²) in [7, 11) is 0. The van der Waals surface area contributed by atoms with Crippen LogP contribution in [0.3, 0.4) is 0 Å². The SMILES string of the molecule is CC(=O)NCC(CO)(CO)COC1C(CO)O[C@@H](O)C(O)[C@H]1O. The van der Waals surface area contributed by atoms with E-state index in [0.717, 1.165) is 0 Å². The van der Waals surface area contributed by atoms with E-state index < -0.39 is 55.9 Å². The predicted molar refractivity (Wildman–Crippen MR) is 75.0 cm³/mol. The van der Waals surface area contributed by atoms with Crippen LogP contribution in [0.4, 0.5) is 0 Å². The normalized spacial score (nSPS) is 31.9. The summed E-state index contributed by atoms with van der Waals surface area (Å²) in [5, 5.41) is 59.6. The molecule has 5 atom stereocenters. The van der Waals surface area contributed by atoms with E-state index in [1.54, 1.807) is 0 Å². The average Bonchev–Trinajstić information content (AvgIpc) is 2.54. The molecule has 0 bridgehead atoms. The summed E-state index contributed by atoms with van der Waals surface area (Å²) < 4.78 is 10.4. The first-order valence-corrected chi connectivity index (χ1v) is 7.18. The number of aliphatic hydroxyl groups excluding tert-OH is 6. The van der Waals surface area contributed by atoms with Gasteiger partial charge in [-0.25, -0.2) is 0 Å². The number of aliphatic hydroxyl groups is 6. The lowest BCUT2D eigenvalue weighted by molar-refractivity contribution is -0.297. The second-order valence-electron chi connectivity index (χ2n) is 5.73. The van der Waals surface area contributed by atoms with Gasteiger partial charge in [-0.1, -0.05) is 0 Å². The maximum absolute atomic E-state index is 11.0. The molecule has 1 aliphatic rings. The highest BCUT2D eigenvalue weighted by Crippen LogP contribution is 2.25. The number of ether oxygens (including phenoxy) is 2. The van der Waals surface area contributed by atoms with Crippen LogP contribution in [0.1, 0.15) is 6.92 Å². The summed E-state index contributed by atoms with van der Waals surface area (Å²) in [5.74, 6) is -0.357. The van der Waals surface area contributed by atoms with Crippen molar-refractivity contribution in [1.29, 1.82) is 0 Å². The van der Waals surface area contributed by atoms with Gasteiger partial charge in [-0.15, -0.1) is 0 Å². The molecule has 3 unspecified atom stereocenters. The number of amides is 1. The lowest BCUT2D eigenvalue weighted by atomic mass is 9.90. The van der Waals surface area contributed by atoms with Gasteiger partial charge in [0.05, 0.1) is 31.8 Å². The summed E-state index contributed by atoms with van der Waals surface area (Å²) in [5.41, 5.74) is -1.22. The fourth-order valence-electron chi connectivity index (χ4n) is 2.16. The fraction of sp³-hybridized carbons (Fsp3) is 0.923. The van der Waals surface area contributed by atoms with E-state index in [1.165, 1.54) is 6.92 Å². The molecule has 0 aromatic rings. The molecular formula is C13H25NO9. The largest absolute Gasteiger partial charge is 0.396 e. The van der Waals surface area contributed by atoms with Crippen LogP contribution < -0.4 is 5.32 Å². The van der Waals surface area contributed by atoms with E-state index >= 15 is 0 Å². The van der Waals surface area contributed by atoms with Crippen LogP contribution >= 0.6 is 0 Å². The molecule has 10 heteroatoms. The van der Waals surface area contributed by atoms with Gasteiger partial charge in [-0.2, -0.15) is 0 Å². The maximum Gasteiger partial charge on any atom is 0.216 e. The summed E-state index contributed by atoms with van der Waals surface area (Å²) in [4.78, 5) is 11.0. The highest BCUT2D eigenvalue weighted by Gasteiger charge is 2.45. The van der Waals surface area contributed by atoms with Gasteiger partial charge in [0, 0.05) is 13.5 Å². The summed E-state index contributed by atoms with van der Waals surface area (Å²) in [6.07, 6.45) is -7.11. The van der Waals surface area contributed by atoms with Crippen LogP contribution in [-0.2, 0) is 14.3 Å². The van der Waals surface area contributed by atoms with Gasteiger partial charge in [-0.05, 0) is 0 Å². The second kappa shape index (κ2) is 8.85. The second-order valence-corrected chi connectivity index (χ2v) is 5.73. The van der Waals surface area contributed by atoms with Crippen molar-refractivity contribution in [3.63, 3.8) is 0 Å². The molecule has 1 heterocycles. The molecule has 23 heavy (non-hydrogen) atoms. The summed E-state index contributed by atoms with van der Waals surface area (Å²) in [6.45, 7) is -0.690. The van der Waals surface area contributed by atoms with E-state index in [-0.39, 0.29) is 19.1 Å². The number of hydrogen-bond donors (Lipinski definition) is 7. The Labute approximate surface area is 133 Å². The molecule has 1 rings (SSSR count). The molecule has 0 aromatic heterocycles. The van der Waals surface area contributed by atoms with Crippen molar-refractivity contribution in [3.05, 3.63) is 0 Å². The van der Waals surface area contributed by atoms with Crippen molar-refractivity contribution < 1.29 is 44.9 Å². The third-order valence-corrected chi connectivity index (χ3v) is 3.80. The predicted octanol–water partition coefficient (Wildman–Crippen LogP) is -4.09. The molecular weight excluding hydrogens is 314 g/mol. The number of carbonyl (C=O) groups is 1. The zero-order chi connectivity index (χ0) is 17.6. The molecule has 7 N–H and O–H groups in total. The molecule has 0 aliphatic carbocycles. The highest BCUT2D eigenvalue weighted by atomic mass is 16.7. The summed E-state index contributed by atoms with van der Waals surface area (Å²) in [6, 6.07) is 0. The minimum Gasteiger partial charge on any atom is -0.396 e. The smallest absolute Gasteiger partial charge is 0.216 e. The van der Waals surface area contributed by atoms with E-state index in [4.69, 9.17) is 9.47 Å². The third kappa shape index (κ3) is 5.06. The van der Waals surface area contributed by atoms with Crippen molar-refractivity contribution in [1.82, 2.24) is 5.32 Å². The Morgan fingerprint density at radius 1 is 1.17 bits per heavy atom. The lowest BCUT2D eigenvalue weighted by Crippen LogP contribution is -2.60. The van der Waals surface area contributed by atoms with Gasteiger partial charge in [0.2, 0.25) is 5.91 Å². The minimum absolute atomic E-state index is 0.0754. The Kier molecular flexibility index (Phi) is 7.77. The van der Waals surface area contributed by atoms with Crippen molar-refractivity contribution in [2.24, 2.45) is 5.41 Å². The standard InChI is InChI=1S/C13H25NO9/c1-7(18)14-3-13(4-16,5-17)6-22-11-8(2-15)23-12(21)10(20)9(11)19/h8-12,15-17,19-21H,2-6H2,1H3,(H,14,18)/t8?,9-,10?,11?,12-/m1/s1. The van der Waals surface area contributed by atoms with Crippen molar-refractivity contribution in [2.75, 3.05) is 33.0 Å². The van der Waals surface area contributed by atoms with Crippen LogP contribution in [0.25, 0.3) is 0 Å². The van der Waals surface area contributed by atoms with Gasteiger partial charge >= 0.3 is 0 Å². The van der Waals surface area contributed by atoms with E-state index in [1.807, 2.05) is 0 Å². The average molecular weight is 339 g/mol.